The van der Waals surface area contributed by atoms with E-state index in [1.165, 1.54) is 63.5 Å². The zero-order valence-corrected chi connectivity index (χ0v) is 14.4. The molecule has 0 aliphatic carbocycles. The number of aromatic amines is 1. The Kier molecular flexibility index (Phi) is 7.74. The van der Waals surface area contributed by atoms with Gasteiger partial charge < -0.3 is 0 Å². The smallest absolute Gasteiger partial charge is 0.128 e. The van der Waals surface area contributed by atoms with Crippen molar-refractivity contribution in [2.45, 2.75) is 84.0 Å². The van der Waals surface area contributed by atoms with Crippen molar-refractivity contribution in [1.82, 2.24) is 10.2 Å². The molecule has 0 amide bonds. The van der Waals surface area contributed by atoms with E-state index in [9.17, 15) is 0 Å². The van der Waals surface area contributed by atoms with E-state index in [2.05, 4.69) is 53.0 Å². The van der Waals surface area contributed by atoms with E-state index in [1.807, 2.05) is 0 Å². The van der Waals surface area contributed by atoms with Gasteiger partial charge in [-0.1, -0.05) is 65.7 Å². The van der Waals surface area contributed by atoms with Gasteiger partial charge in [-0.2, -0.15) is 5.10 Å². The zero-order valence-electron chi connectivity index (χ0n) is 12.8. The van der Waals surface area contributed by atoms with Crippen LogP contribution >= 0.6 is 15.9 Å². The van der Waals surface area contributed by atoms with E-state index in [0.717, 1.165) is 4.60 Å². The molecule has 1 atom stereocenters. The molecule has 0 aromatic carbocycles. The lowest BCUT2D eigenvalue weighted by Gasteiger charge is -2.28. The first-order chi connectivity index (χ1) is 9.12. The molecule has 1 aromatic rings. The quantitative estimate of drug-likeness (QED) is 0.526. The monoisotopic (exact) mass is 328 g/mol. The SMILES string of the molecule is CCCCCCC(C)(CCCCC)c1cc(Br)n[nH]1. The molecule has 1 N–H and O–H groups in total. The highest BCUT2D eigenvalue weighted by Gasteiger charge is 2.27. The lowest BCUT2D eigenvalue weighted by Crippen LogP contribution is -2.22. The number of hydrogen-bond donors (Lipinski definition) is 1. The van der Waals surface area contributed by atoms with Crippen LogP contribution in [0.4, 0.5) is 0 Å². The van der Waals surface area contributed by atoms with Crippen molar-refractivity contribution in [1.29, 1.82) is 0 Å². The molecule has 0 saturated heterocycles. The summed E-state index contributed by atoms with van der Waals surface area (Å²) in [7, 11) is 0. The highest BCUT2D eigenvalue weighted by atomic mass is 79.9. The number of hydrogen-bond acceptors (Lipinski definition) is 1. The van der Waals surface area contributed by atoms with Crippen LogP contribution in [0.25, 0.3) is 0 Å². The fraction of sp³-hybridized carbons (Fsp3) is 0.812. The summed E-state index contributed by atoms with van der Waals surface area (Å²) in [4.78, 5) is 0. The Bertz CT molecular complexity index is 348. The van der Waals surface area contributed by atoms with Crippen LogP contribution in [0, 0.1) is 0 Å². The molecule has 3 heteroatoms. The molecule has 0 aliphatic rings. The zero-order chi connectivity index (χ0) is 14.1. The molecular formula is C16H29BrN2. The predicted molar refractivity (Wildman–Crippen MR) is 86.5 cm³/mol. The number of unbranched alkanes of at least 4 members (excludes halogenated alkanes) is 5. The number of nitrogens with zero attached hydrogens (tertiary/aromatic N) is 1. The third-order valence-corrected chi connectivity index (χ3v) is 4.52. The molecule has 0 saturated carbocycles. The highest BCUT2D eigenvalue weighted by molar-refractivity contribution is 9.10. The fourth-order valence-electron chi connectivity index (χ4n) is 2.71. The highest BCUT2D eigenvalue weighted by Crippen LogP contribution is 2.35. The summed E-state index contributed by atoms with van der Waals surface area (Å²) in [6.07, 6.45) is 11.8. The first-order valence-corrected chi connectivity index (χ1v) is 8.63. The van der Waals surface area contributed by atoms with Crippen molar-refractivity contribution in [3.63, 3.8) is 0 Å². The molecule has 0 radical (unpaired) electrons. The van der Waals surface area contributed by atoms with Gasteiger partial charge in [-0.15, -0.1) is 0 Å². The van der Waals surface area contributed by atoms with E-state index in [0.29, 0.717) is 0 Å². The van der Waals surface area contributed by atoms with Crippen molar-refractivity contribution >= 4 is 15.9 Å². The maximum Gasteiger partial charge on any atom is 0.128 e. The number of nitrogens with one attached hydrogen (secondary N) is 1. The first-order valence-electron chi connectivity index (χ1n) is 7.83. The lowest BCUT2D eigenvalue weighted by atomic mass is 9.77. The van der Waals surface area contributed by atoms with Crippen LogP contribution in [0.15, 0.2) is 10.7 Å². The third kappa shape index (κ3) is 5.68. The van der Waals surface area contributed by atoms with Crippen LogP contribution in [0.5, 0.6) is 0 Å². The molecule has 19 heavy (non-hydrogen) atoms. The lowest BCUT2D eigenvalue weighted by molar-refractivity contribution is 0.356. The van der Waals surface area contributed by atoms with Gasteiger partial charge in [-0.05, 0) is 34.8 Å². The van der Waals surface area contributed by atoms with E-state index in [1.54, 1.807) is 0 Å². The van der Waals surface area contributed by atoms with Crippen LogP contribution in [-0.4, -0.2) is 10.2 Å². The van der Waals surface area contributed by atoms with Gasteiger partial charge in [0.05, 0.1) is 0 Å². The Morgan fingerprint density at radius 2 is 1.63 bits per heavy atom. The largest absolute Gasteiger partial charge is 0.281 e. The summed E-state index contributed by atoms with van der Waals surface area (Å²) >= 11 is 3.46. The van der Waals surface area contributed by atoms with Crippen LogP contribution in [0.3, 0.4) is 0 Å². The summed E-state index contributed by atoms with van der Waals surface area (Å²) in [6.45, 7) is 6.94. The minimum Gasteiger partial charge on any atom is -0.281 e. The topological polar surface area (TPSA) is 28.7 Å². The molecule has 1 rings (SSSR count). The first kappa shape index (κ1) is 16.7. The van der Waals surface area contributed by atoms with Gasteiger partial charge in [0.1, 0.15) is 4.60 Å². The number of H-pyrrole nitrogens is 1. The van der Waals surface area contributed by atoms with Crippen LogP contribution < -0.4 is 0 Å². The average Bonchev–Trinajstić information content (AvgIpc) is 2.82. The Morgan fingerprint density at radius 3 is 2.16 bits per heavy atom. The van der Waals surface area contributed by atoms with Gasteiger partial charge in [0.25, 0.3) is 0 Å². The molecule has 1 heterocycles. The van der Waals surface area contributed by atoms with Crippen LogP contribution in [-0.2, 0) is 5.41 Å². The molecule has 1 aromatic heterocycles. The van der Waals surface area contributed by atoms with E-state index in [-0.39, 0.29) is 5.41 Å². The second-order valence-corrected chi connectivity index (χ2v) is 6.75. The minimum absolute atomic E-state index is 0.266. The van der Waals surface area contributed by atoms with Gasteiger partial charge in [-0.25, -0.2) is 0 Å². The van der Waals surface area contributed by atoms with Gasteiger partial charge in [0, 0.05) is 11.1 Å². The van der Waals surface area contributed by atoms with E-state index in [4.69, 9.17) is 0 Å². The number of halogens is 1. The van der Waals surface area contributed by atoms with Crippen LogP contribution in [0.1, 0.15) is 84.3 Å². The Labute approximate surface area is 126 Å². The summed E-state index contributed by atoms with van der Waals surface area (Å²) in [6, 6.07) is 2.16. The minimum atomic E-state index is 0.266. The van der Waals surface area contributed by atoms with Crippen molar-refractivity contribution in [3.05, 3.63) is 16.4 Å². The molecule has 0 bridgehead atoms. The molecule has 2 nitrogen and oxygen atoms in total. The molecule has 0 aliphatic heterocycles. The number of aromatic nitrogens is 2. The summed E-state index contributed by atoms with van der Waals surface area (Å²) in [5.74, 6) is 0. The molecule has 110 valence electrons. The predicted octanol–water partition coefficient (Wildman–Crippen LogP) is 5.98. The van der Waals surface area contributed by atoms with Gasteiger partial charge in [-0.3, -0.25) is 5.10 Å². The standard InChI is InChI=1S/C16H29BrN2/c1-4-6-8-10-12-16(3,11-9-7-5-2)14-13-15(17)19-18-14/h13H,4-12H2,1-3H3,(H,18,19). The maximum absolute atomic E-state index is 4.25. The van der Waals surface area contributed by atoms with Gasteiger partial charge in [0.2, 0.25) is 0 Å². The molecule has 0 fully saturated rings. The maximum atomic E-state index is 4.25. The number of rotatable bonds is 10. The molecule has 0 spiro atoms. The molecular weight excluding hydrogens is 300 g/mol. The van der Waals surface area contributed by atoms with Gasteiger partial charge in [0.15, 0.2) is 0 Å². The van der Waals surface area contributed by atoms with Gasteiger partial charge >= 0.3 is 0 Å². The van der Waals surface area contributed by atoms with Crippen molar-refractivity contribution in [3.8, 4) is 0 Å². The van der Waals surface area contributed by atoms with Crippen molar-refractivity contribution in [2.24, 2.45) is 0 Å². The molecule has 1 unspecified atom stereocenters. The summed E-state index contributed by atoms with van der Waals surface area (Å²) < 4.78 is 0.928. The van der Waals surface area contributed by atoms with Crippen molar-refractivity contribution in [2.75, 3.05) is 0 Å². The second-order valence-electron chi connectivity index (χ2n) is 5.93. The van der Waals surface area contributed by atoms with Crippen LogP contribution in [0.2, 0.25) is 0 Å². The summed E-state index contributed by atoms with van der Waals surface area (Å²) in [5, 5.41) is 7.46. The normalized spacial score (nSPS) is 14.5. The Hall–Kier alpha value is -0.310. The van der Waals surface area contributed by atoms with E-state index >= 15 is 0 Å². The fourth-order valence-corrected chi connectivity index (χ4v) is 3.03. The van der Waals surface area contributed by atoms with E-state index < -0.39 is 0 Å². The third-order valence-electron chi connectivity index (χ3n) is 4.11. The van der Waals surface area contributed by atoms with Crippen molar-refractivity contribution < 1.29 is 0 Å². The Morgan fingerprint density at radius 1 is 1.05 bits per heavy atom. The summed E-state index contributed by atoms with van der Waals surface area (Å²) in [5.41, 5.74) is 1.56. The second kappa shape index (κ2) is 8.78. The average molecular weight is 329 g/mol. The Balaban J connectivity index is 2.60.